The number of carbonyl (C=O) groups excluding carboxylic acids is 3. The zero-order valence-corrected chi connectivity index (χ0v) is 22.2. The summed E-state index contributed by atoms with van der Waals surface area (Å²) in [6.07, 6.45) is 0.504. The smallest absolute Gasteiger partial charge is 0.417 e. The average Bonchev–Trinajstić information content (AvgIpc) is 3.25. The highest BCUT2D eigenvalue weighted by Gasteiger charge is 2.41. The molecule has 2 aliphatic heterocycles. The largest absolute Gasteiger partial charge is 0.489 e. The van der Waals surface area contributed by atoms with E-state index < -0.39 is 36.0 Å². The molecular formula is C29H37N3O6. The number of nitrogens with zero attached hydrogens (tertiary/aromatic N) is 1. The van der Waals surface area contributed by atoms with Crippen molar-refractivity contribution in [3.8, 4) is 5.75 Å². The number of fused-ring (bicyclic) bond motifs is 1. The molecule has 0 aromatic heterocycles. The van der Waals surface area contributed by atoms with Crippen LogP contribution in [0, 0.1) is 5.92 Å². The summed E-state index contributed by atoms with van der Waals surface area (Å²) in [6, 6.07) is 16.3. The predicted octanol–water partition coefficient (Wildman–Crippen LogP) is 3.54. The third-order valence-corrected chi connectivity index (χ3v) is 6.59. The van der Waals surface area contributed by atoms with Crippen LogP contribution >= 0.6 is 0 Å². The van der Waals surface area contributed by atoms with Gasteiger partial charge in [0.25, 0.3) is 0 Å². The van der Waals surface area contributed by atoms with E-state index in [2.05, 4.69) is 5.32 Å². The summed E-state index contributed by atoms with van der Waals surface area (Å²) in [5, 5.41) is 2.82. The van der Waals surface area contributed by atoms with Gasteiger partial charge in [-0.05, 0) is 63.3 Å². The van der Waals surface area contributed by atoms with Crippen LogP contribution in [0.5, 0.6) is 5.75 Å². The molecule has 2 aliphatic rings. The number of benzene rings is 2. The second kappa shape index (κ2) is 12.0. The van der Waals surface area contributed by atoms with Crippen molar-refractivity contribution in [2.75, 3.05) is 6.54 Å². The summed E-state index contributed by atoms with van der Waals surface area (Å²) in [5.74, 6) is 0.245. The lowest BCUT2D eigenvalue weighted by Crippen LogP contribution is -2.53. The first-order chi connectivity index (χ1) is 18.1. The molecule has 0 aliphatic carbocycles. The Kier molecular flexibility index (Phi) is 8.69. The molecule has 3 amide bonds. The van der Waals surface area contributed by atoms with Crippen molar-refractivity contribution in [2.45, 2.75) is 77.0 Å². The van der Waals surface area contributed by atoms with Gasteiger partial charge in [-0.25, -0.2) is 9.69 Å². The zero-order valence-electron chi connectivity index (χ0n) is 22.2. The van der Waals surface area contributed by atoms with Crippen LogP contribution in [0.1, 0.15) is 51.2 Å². The second-order valence-corrected chi connectivity index (χ2v) is 10.9. The van der Waals surface area contributed by atoms with Crippen LogP contribution in [0.15, 0.2) is 54.6 Å². The van der Waals surface area contributed by atoms with Gasteiger partial charge in [0.2, 0.25) is 11.8 Å². The van der Waals surface area contributed by atoms with E-state index in [1.807, 2.05) is 54.6 Å². The van der Waals surface area contributed by atoms with Gasteiger partial charge in [-0.3, -0.25) is 9.59 Å². The Hall–Kier alpha value is -3.43. The van der Waals surface area contributed by atoms with E-state index in [0.29, 0.717) is 25.2 Å². The molecule has 2 heterocycles. The summed E-state index contributed by atoms with van der Waals surface area (Å²) in [7, 11) is 0. The Balaban J connectivity index is 1.38. The maximum absolute atomic E-state index is 13.4. The molecule has 9 nitrogen and oxygen atoms in total. The second-order valence-electron chi connectivity index (χ2n) is 10.9. The summed E-state index contributed by atoms with van der Waals surface area (Å²) >= 11 is 0. The van der Waals surface area contributed by atoms with E-state index in [4.69, 9.17) is 19.9 Å². The molecule has 4 atom stereocenters. The molecule has 2 aromatic rings. The number of imide groups is 1. The van der Waals surface area contributed by atoms with Crippen LogP contribution in [0.2, 0.25) is 0 Å². The topological polar surface area (TPSA) is 120 Å². The third kappa shape index (κ3) is 7.55. The number of rotatable bonds is 8. The lowest BCUT2D eigenvalue weighted by atomic mass is 9.95. The van der Waals surface area contributed by atoms with Crippen molar-refractivity contribution in [2.24, 2.45) is 11.7 Å². The molecule has 0 radical (unpaired) electrons. The normalized spacial score (nSPS) is 21.7. The highest BCUT2D eigenvalue weighted by molar-refractivity contribution is 5.95. The number of carbonyl (C=O) groups is 3. The minimum Gasteiger partial charge on any atom is -0.489 e. The number of nitrogens with two attached hydrogens (primary N) is 1. The number of amides is 3. The van der Waals surface area contributed by atoms with E-state index in [1.165, 1.54) is 0 Å². The molecule has 2 fully saturated rings. The molecular weight excluding hydrogens is 486 g/mol. The molecule has 3 unspecified atom stereocenters. The summed E-state index contributed by atoms with van der Waals surface area (Å²) in [6.45, 7) is 5.68. The van der Waals surface area contributed by atoms with Gasteiger partial charge in [0, 0.05) is 12.3 Å². The standard InChI is InChI=1S/C29H37N3O6/c1-29(2,3)38-28(35)32(17-23-14-11-21-16-25(33)31-26(21)37-23)27(34)24(30)15-19-9-12-22(13-10-19)36-18-20-7-5-4-6-8-20/h4-10,12-13,21,23-24,26H,11,14-18,30H2,1-3H3,(H,31,33)/t21?,23-,24?,26?/m0/s1. The molecule has 38 heavy (non-hydrogen) atoms. The maximum atomic E-state index is 13.4. The first-order valence-corrected chi connectivity index (χ1v) is 13.1. The van der Waals surface area contributed by atoms with E-state index in [1.54, 1.807) is 20.8 Å². The van der Waals surface area contributed by atoms with Crippen molar-refractivity contribution < 1.29 is 28.6 Å². The SMILES string of the molecule is CC(C)(C)OC(=O)N(C[C@@H]1CCC2CC(=O)NC2O1)C(=O)C(N)Cc1ccc(OCc2ccccc2)cc1. The van der Waals surface area contributed by atoms with Crippen molar-refractivity contribution in [3.63, 3.8) is 0 Å². The van der Waals surface area contributed by atoms with Crippen molar-refractivity contribution in [1.82, 2.24) is 10.2 Å². The minimum atomic E-state index is -0.957. The van der Waals surface area contributed by atoms with Gasteiger partial charge >= 0.3 is 6.09 Å². The Labute approximate surface area is 223 Å². The monoisotopic (exact) mass is 523 g/mol. The summed E-state index contributed by atoms with van der Waals surface area (Å²) in [5.41, 5.74) is 7.43. The first kappa shape index (κ1) is 27.6. The van der Waals surface area contributed by atoms with Crippen molar-refractivity contribution >= 4 is 17.9 Å². The van der Waals surface area contributed by atoms with Crippen molar-refractivity contribution in [3.05, 3.63) is 65.7 Å². The highest BCUT2D eigenvalue weighted by Crippen LogP contribution is 2.31. The molecule has 0 bridgehead atoms. The van der Waals surface area contributed by atoms with Crippen LogP contribution in [0.25, 0.3) is 0 Å². The van der Waals surface area contributed by atoms with Gasteiger partial charge in [-0.15, -0.1) is 0 Å². The van der Waals surface area contributed by atoms with Gasteiger partial charge in [-0.2, -0.15) is 0 Å². The van der Waals surface area contributed by atoms with Crippen molar-refractivity contribution in [1.29, 1.82) is 0 Å². The molecule has 2 aromatic carbocycles. The Morgan fingerprint density at radius 2 is 1.79 bits per heavy atom. The Morgan fingerprint density at radius 3 is 2.47 bits per heavy atom. The molecule has 0 saturated carbocycles. The van der Waals surface area contributed by atoms with Gasteiger partial charge in [-0.1, -0.05) is 42.5 Å². The van der Waals surface area contributed by atoms with E-state index >= 15 is 0 Å². The number of nitrogens with one attached hydrogen (secondary N) is 1. The van der Waals surface area contributed by atoms with Gasteiger partial charge in [0.1, 0.15) is 24.2 Å². The Bertz CT molecular complexity index is 1120. The first-order valence-electron chi connectivity index (χ1n) is 13.1. The molecule has 4 rings (SSSR count). The molecule has 3 N–H and O–H groups in total. The Morgan fingerprint density at radius 1 is 1.08 bits per heavy atom. The van der Waals surface area contributed by atoms with Crippen LogP contribution in [0.3, 0.4) is 0 Å². The van der Waals surface area contributed by atoms with Gasteiger partial charge < -0.3 is 25.3 Å². The zero-order chi connectivity index (χ0) is 27.3. The van der Waals surface area contributed by atoms with E-state index in [-0.39, 0.29) is 24.8 Å². The average molecular weight is 524 g/mol. The maximum Gasteiger partial charge on any atom is 0.417 e. The summed E-state index contributed by atoms with van der Waals surface area (Å²) < 4.78 is 17.4. The summed E-state index contributed by atoms with van der Waals surface area (Å²) in [4.78, 5) is 39.2. The molecule has 0 spiro atoms. The fourth-order valence-electron chi connectivity index (χ4n) is 4.67. The quantitative estimate of drug-likeness (QED) is 0.543. The fourth-order valence-corrected chi connectivity index (χ4v) is 4.67. The number of hydrogen-bond donors (Lipinski definition) is 2. The van der Waals surface area contributed by atoms with E-state index in [9.17, 15) is 14.4 Å². The van der Waals surface area contributed by atoms with Crippen LogP contribution in [0.4, 0.5) is 4.79 Å². The highest BCUT2D eigenvalue weighted by atomic mass is 16.6. The fraction of sp³-hybridized carbons (Fsp3) is 0.483. The minimum absolute atomic E-state index is 0.00675. The lowest BCUT2D eigenvalue weighted by Gasteiger charge is -2.35. The number of hydrogen-bond acceptors (Lipinski definition) is 7. The molecule has 2 saturated heterocycles. The lowest BCUT2D eigenvalue weighted by molar-refractivity contribution is -0.138. The third-order valence-electron chi connectivity index (χ3n) is 6.59. The predicted molar refractivity (Wildman–Crippen MR) is 141 cm³/mol. The van der Waals surface area contributed by atoms with Gasteiger partial charge in [0.15, 0.2) is 0 Å². The van der Waals surface area contributed by atoms with E-state index in [0.717, 1.165) is 22.4 Å². The molecule has 9 heteroatoms. The number of ether oxygens (including phenoxy) is 3. The van der Waals surface area contributed by atoms with Crippen LogP contribution in [-0.2, 0) is 32.1 Å². The molecule has 204 valence electrons. The van der Waals surface area contributed by atoms with Gasteiger partial charge in [0.05, 0.1) is 18.7 Å². The van der Waals surface area contributed by atoms with Crippen LogP contribution in [-0.4, -0.2) is 53.3 Å². The van der Waals surface area contributed by atoms with Crippen LogP contribution < -0.4 is 15.8 Å².